The van der Waals surface area contributed by atoms with Crippen molar-refractivity contribution in [1.29, 1.82) is 0 Å². The zero-order chi connectivity index (χ0) is 22.6. The number of carbonyl (C=O) groups excluding carboxylic acids is 1. The molecule has 0 spiro atoms. The number of hydrogen-bond acceptors (Lipinski definition) is 6. The van der Waals surface area contributed by atoms with Gasteiger partial charge in [0, 0.05) is 21.9 Å². The Balaban J connectivity index is 1.79. The standard InChI is InChI=1S/C24H27ClN2O4/c1-15-8-6-11-19(22(27-30-5)23(28)29-4)20(15)14-31-26-16(2)17-9-7-10-18(12-17)21-13-24(21,3)25/h6-12,21H,13-14H2,1-5H3/b26-16+,27-22+. The van der Waals surface area contributed by atoms with Gasteiger partial charge in [0.15, 0.2) is 5.71 Å². The minimum Gasteiger partial charge on any atom is -0.464 e. The summed E-state index contributed by atoms with van der Waals surface area (Å²) in [5.74, 6) is -0.217. The summed E-state index contributed by atoms with van der Waals surface area (Å²) < 4.78 is 4.84. The van der Waals surface area contributed by atoms with Gasteiger partial charge < -0.3 is 14.4 Å². The van der Waals surface area contributed by atoms with Gasteiger partial charge in [0.25, 0.3) is 0 Å². The molecule has 0 aliphatic heterocycles. The number of benzene rings is 2. The molecule has 1 aliphatic rings. The number of ether oxygens (including phenoxy) is 1. The summed E-state index contributed by atoms with van der Waals surface area (Å²) in [5, 5.41) is 8.14. The predicted octanol–water partition coefficient (Wildman–Crippen LogP) is 4.94. The minimum atomic E-state index is -0.587. The molecule has 2 atom stereocenters. The molecule has 0 bridgehead atoms. The first-order valence-corrected chi connectivity index (χ1v) is 10.4. The normalized spacial score (nSPS) is 20.9. The molecule has 3 rings (SSSR count). The fourth-order valence-electron chi connectivity index (χ4n) is 3.53. The summed E-state index contributed by atoms with van der Waals surface area (Å²) in [5.41, 5.74) is 5.34. The first kappa shape index (κ1) is 22.8. The van der Waals surface area contributed by atoms with Crippen LogP contribution in [0.4, 0.5) is 0 Å². The second-order valence-electron chi connectivity index (χ2n) is 7.83. The number of halogens is 1. The van der Waals surface area contributed by atoms with E-state index in [0.29, 0.717) is 11.5 Å². The Morgan fingerprint density at radius 3 is 2.55 bits per heavy atom. The number of oxime groups is 2. The summed E-state index contributed by atoms with van der Waals surface area (Å²) in [7, 11) is 2.68. The lowest BCUT2D eigenvalue weighted by Crippen LogP contribution is -2.20. The van der Waals surface area contributed by atoms with Gasteiger partial charge in [-0.05, 0) is 49.9 Å². The van der Waals surface area contributed by atoms with Crippen molar-refractivity contribution in [1.82, 2.24) is 0 Å². The van der Waals surface area contributed by atoms with Gasteiger partial charge in [-0.1, -0.05) is 46.7 Å². The first-order valence-electron chi connectivity index (χ1n) is 10.0. The quantitative estimate of drug-likeness (QED) is 0.251. The van der Waals surface area contributed by atoms with Crippen LogP contribution in [0.2, 0.25) is 0 Å². The van der Waals surface area contributed by atoms with Crippen molar-refractivity contribution in [2.75, 3.05) is 14.2 Å². The van der Waals surface area contributed by atoms with Crippen LogP contribution in [0.15, 0.2) is 52.8 Å². The van der Waals surface area contributed by atoms with Crippen molar-refractivity contribution in [3.8, 4) is 0 Å². The van der Waals surface area contributed by atoms with Crippen molar-refractivity contribution < 1.29 is 19.2 Å². The highest BCUT2D eigenvalue weighted by Crippen LogP contribution is 2.56. The smallest absolute Gasteiger partial charge is 0.360 e. The van der Waals surface area contributed by atoms with E-state index in [1.165, 1.54) is 19.8 Å². The van der Waals surface area contributed by atoms with E-state index in [4.69, 9.17) is 26.0 Å². The van der Waals surface area contributed by atoms with Gasteiger partial charge in [0.05, 0.1) is 12.8 Å². The van der Waals surface area contributed by atoms with Gasteiger partial charge in [0.2, 0.25) is 0 Å². The molecule has 2 unspecified atom stereocenters. The highest BCUT2D eigenvalue weighted by atomic mass is 35.5. The summed E-state index contributed by atoms with van der Waals surface area (Å²) >= 11 is 6.43. The Bertz CT molecular complexity index is 1030. The van der Waals surface area contributed by atoms with Crippen LogP contribution in [0, 0.1) is 6.92 Å². The maximum Gasteiger partial charge on any atom is 0.360 e. The topological polar surface area (TPSA) is 69.5 Å². The van der Waals surface area contributed by atoms with Crippen molar-refractivity contribution in [2.24, 2.45) is 10.3 Å². The van der Waals surface area contributed by atoms with Crippen LogP contribution < -0.4 is 0 Å². The van der Waals surface area contributed by atoms with E-state index < -0.39 is 5.97 Å². The van der Waals surface area contributed by atoms with Crippen molar-refractivity contribution in [2.45, 2.75) is 44.6 Å². The average Bonchev–Trinajstić information content (AvgIpc) is 3.40. The lowest BCUT2D eigenvalue weighted by atomic mass is 9.99. The van der Waals surface area contributed by atoms with E-state index in [0.717, 1.165) is 28.8 Å². The van der Waals surface area contributed by atoms with E-state index in [1.54, 1.807) is 6.07 Å². The Morgan fingerprint density at radius 1 is 1.19 bits per heavy atom. The Labute approximate surface area is 187 Å². The molecule has 0 aromatic heterocycles. The van der Waals surface area contributed by atoms with Gasteiger partial charge >= 0.3 is 5.97 Å². The zero-order valence-electron chi connectivity index (χ0n) is 18.4. The highest BCUT2D eigenvalue weighted by Gasteiger charge is 2.49. The lowest BCUT2D eigenvalue weighted by Gasteiger charge is -2.12. The van der Waals surface area contributed by atoms with Gasteiger partial charge in [0.1, 0.15) is 13.7 Å². The molecule has 1 fully saturated rings. The molecule has 1 aliphatic carbocycles. The number of methoxy groups -OCH3 is 1. The van der Waals surface area contributed by atoms with Gasteiger partial charge in [-0.2, -0.15) is 0 Å². The van der Waals surface area contributed by atoms with Crippen LogP contribution in [-0.2, 0) is 25.8 Å². The Kier molecular flexibility index (Phi) is 7.01. The fraction of sp³-hybridized carbons (Fsp3) is 0.375. The van der Waals surface area contributed by atoms with Crippen molar-refractivity contribution >= 4 is 29.0 Å². The monoisotopic (exact) mass is 442 g/mol. The SMILES string of the molecule is CO/N=C(/C(=O)OC)c1cccc(C)c1CO/N=C(\C)c1cccc(C2CC2(C)Cl)c1. The first-order chi connectivity index (χ1) is 14.8. The third-order valence-corrected chi connectivity index (χ3v) is 5.93. The average molecular weight is 443 g/mol. The molecule has 0 N–H and O–H groups in total. The molecular formula is C24H27ClN2O4. The van der Waals surface area contributed by atoms with E-state index in [9.17, 15) is 4.79 Å². The molecule has 2 aromatic carbocycles. The number of alkyl halides is 1. The molecule has 31 heavy (non-hydrogen) atoms. The molecule has 0 radical (unpaired) electrons. The summed E-state index contributed by atoms with van der Waals surface area (Å²) in [6.07, 6.45) is 0.978. The van der Waals surface area contributed by atoms with Crippen LogP contribution in [0.5, 0.6) is 0 Å². The Hall–Kier alpha value is -2.86. The second kappa shape index (κ2) is 9.52. The molecule has 0 amide bonds. The van der Waals surface area contributed by atoms with Crippen molar-refractivity contribution in [3.05, 3.63) is 70.3 Å². The van der Waals surface area contributed by atoms with E-state index in [-0.39, 0.29) is 17.2 Å². The molecule has 6 nitrogen and oxygen atoms in total. The molecule has 7 heteroatoms. The number of esters is 1. The number of carbonyl (C=O) groups is 1. The van der Waals surface area contributed by atoms with Crippen LogP contribution >= 0.6 is 11.6 Å². The molecule has 0 heterocycles. The maximum atomic E-state index is 12.2. The van der Waals surface area contributed by atoms with E-state index in [1.807, 2.05) is 38.1 Å². The summed E-state index contributed by atoms with van der Waals surface area (Å²) in [6.45, 7) is 6.06. The number of rotatable bonds is 8. The van der Waals surface area contributed by atoms with Crippen LogP contribution in [-0.4, -0.2) is 36.5 Å². The zero-order valence-corrected chi connectivity index (χ0v) is 19.2. The molecule has 2 aromatic rings. The van der Waals surface area contributed by atoms with E-state index in [2.05, 4.69) is 29.4 Å². The van der Waals surface area contributed by atoms with E-state index >= 15 is 0 Å². The minimum absolute atomic E-state index is 0.0780. The highest BCUT2D eigenvalue weighted by molar-refractivity contribution is 6.43. The van der Waals surface area contributed by atoms with Gasteiger partial charge in [-0.25, -0.2) is 4.79 Å². The number of hydrogen-bond donors (Lipinski definition) is 0. The number of aryl methyl sites for hydroxylation is 1. The summed E-state index contributed by atoms with van der Waals surface area (Å²) in [4.78, 5) is 22.5. The maximum absolute atomic E-state index is 12.2. The van der Waals surface area contributed by atoms with Gasteiger partial charge in [-0.15, -0.1) is 11.6 Å². The lowest BCUT2D eigenvalue weighted by molar-refractivity contribution is -0.132. The molecule has 0 saturated heterocycles. The van der Waals surface area contributed by atoms with Crippen LogP contribution in [0.3, 0.4) is 0 Å². The molecule has 1 saturated carbocycles. The third-order valence-electron chi connectivity index (χ3n) is 5.51. The largest absolute Gasteiger partial charge is 0.464 e. The van der Waals surface area contributed by atoms with Crippen LogP contribution in [0.25, 0.3) is 0 Å². The van der Waals surface area contributed by atoms with Crippen LogP contribution in [0.1, 0.15) is 54.0 Å². The molecular weight excluding hydrogens is 416 g/mol. The van der Waals surface area contributed by atoms with Gasteiger partial charge in [-0.3, -0.25) is 0 Å². The number of nitrogens with zero attached hydrogens (tertiary/aromatic N) is 2. The van der Waals surface area contributed by atoms with Crippen molar-refractivity contribution in [3.63, 3.8) is 0 Å². The third kappa shape index (κ3) is 5.25. The predicted molar refractivity (Wildman–Crippen MR) is 122 cm³/mol. The summed E-state index contributed by atoms with van der Waals surface area (Å²) in [6, 6.07) is 13.8. The molecule has 164 valence electrons. The fourth-order valence-corrected chi connectivity index (χ4v) is 3.81. The Morgan fingerprint density at radius 2 is 1.90 bits per heavy atom. The second-order valence-corrected chi connectivity index (χ2v) is 8.69.